The van der Waals surface area contributed by atoms with Gasteiger partial charge in [-0.25, -0.2) is 0 Å². The first-order valence-electron chi connectivity index (χ1n) is 10.6. The van der Waals surface area contributed by atoms with Crippen molar-refractivity contribution < 1.29 is 9.53 Å². The van der Waals surface area contributed by atoms with Gasteiger partial charge in [0.1, 0.15) is 5.56 Å². The van der Waals surface area contributed by atoms with Gasteiger partial charge >= 0.3 is 0 Å². The second-order valence-electron chi connectivity index (χ2n) is 7.48. The Balaban J connectivity index is 1.71. The number of aryl methyl sites for hydroxylation is 1. The van der Waals surface area contributed by atoms with E-state index >= 15 is 0 Å². The minimum atomic E-state index is -0.210. The molecule has 1 aromatic carbocycles. The van der Waals surface area contributed by atoms with Gasteiger partial charge in [0.25, 0.3) is 11.5 Å². The first-order valence-corrected chi connectivity index (χ1v) is 10.6. The van der Waals surface area contributed by atoms with Gasteiger partial charge in [0.05, 0.1) is 13.2 Å². The zero-order chi connectivity index (χ0) is 21.3. The van der Waals surface area contributed by atoms with E-state index in [2.05, 4.69) is 4.90 Å². The molecule has 2 aromatic rings. The lowest BCUT2D eigenvalue weighted by molar-refractivity contribution is 0.0362. The first kappa shape index (κ1) is 22.0. The number of pyridine rings is 1. The molecule has 0 aliphatic carbocycles. The summed E-state index contributed by atoms with van der Waals surface area (Å²) >= 11 is 0. The first-order chi connectivity index (χ1) is 14.6. The molecule has 0 spiro atoms. The number of hydrogen-bond acceptors (Lipinski definition) is 4. The second kappa shape index (κ2) is 10.9. The van der Waals surface area contributed by atoms with E-state index in [0.29, 0.717) is 19.6 Å². The lowest BCUT2D eigenvalue weighted by Gasteiger charge is -2.27. The zero-order valence-corrected chi connectivity index (χ0v) is 17.9. The van der Waals surface area contributed by atoms with Crippen molar-refractivity contribution in [3.8, 4) is 0 Å². The third kappa shape index (κ3) is 5.68. The molecule has 1 fully saturated rings. The zero-order valence-electron chi connectivity index (χ0n) is 17.9. The number of carbonyl (C=O) groups excluding carboxylic acids is 1. The van der Waals surface area contributed by atoms with Gasteiger partial charge in [0.2, 0.25) is 0 Å². The van der Waals surface area contributed by atoms with Crippen LogP contribution in [0.1, 0.15) is 28.4 Å². The van der Waals surface area contributed by atoms with Gasteiger partial charge in [-0.1, -0.05) is 42.5 Å². The lowest BCUT2D eigenvalue weighted by atomic mass is 10.1. The van der Waals surface area contributed by atoms with Crippen molar-refractivity contribution in [2.45, 2.75) is 20.4 Å². The molecule has 0 bridgehead atoms. The van der Waals surface area contributed by atoms with Crippen LogP contribution < -0.4 is 5.56 Å². The highest BCUT2D eigenvalue weighted by atomic mass is 16.5. The Labute approximate surface area is 178 Å². The van der Waals surface area contributed by atoms with Crippen LogP contribution in [0.5, 0.6) is 0 Å². The number of carbonyl (C=O) groups is 1. The number of ether oxygens (including phenoxy) is 1. The normalized spacial score (nSPS) is 14.9. The number of hydrogen-bond donors (Lipinski definition) is 0. The van der Waals surface area contributed by atoms with Crippen LogP contribution in [-0.2, 0) is 11.3 Å². The number of nitrogens with zero attached hydrogens (tertiary/aromatic N) is 3. The maximum absolute atomic E-state index is 13.2. The minimum Gasteiger partial charge on any atom is -0.379 e. The molecule has 0 radical (unpaired) electrons. The van der Waals surface area contributed by atoms with Crippen molar-refractivity contribution in [2.75, 3.05) is 45.9 Å². The van der Waals surface area contributed by atoms with E-state index in [0.717, 1.165) is 44.0 Å². The Morgan fingerprint density at radius 1 is 1.13 bits per heavy atom. The van der Waals surface area contributed by atoms with E-state index in [1.165, 1.54) is 0 Å². The van der Waals surface area contributed by atoms with E-state index in [4.69, 9.17) is 4.74 Å². The molecule has 1 aliphatic heterocycles. The van der Waals surface area contributed by atoms with Crippen LogP contribution in [0, 0.1) is 6.92 Å². The minimum absolute atomic E-state index is 0.209. The van der Waals surface area contributed by atoms with E-state index in [1.54, 1.807) is 15.7 Å². The number of likely N-dealkylation sites (N-methyl/N-ethyl adjacent to an activating group) is 1. The Morgan fingerprint density at radius 2 is 1.87 bits per heavy atom. The van der Waals surface area contributed by atoms with Crippen LogP contribution >= 0.6 is 0 Å². The molecule has 2 heterocycles. The quantitative estimate of drug-likeness (QED) is 0.673. The SMILES string of the molecule is CCN(C/C=C/c1ccccc1)C(=O)c1c(C)ccn(CCN2CCOCC2)c1=O. The van der Waals surface area contributed by atoms with Crippen molar-refractivity contribution in [3.63, 3.8) is 0 Å². The topological polar surface area (TPSA) is 54.8 Å². The molecular formula is C24H31N3O3. The van der Waals surface area contributed by atoms with Crippen LogP contribution in [0.3, 0.4) is 0 Å². The Bertz CT molecular complexity index is 915. The highest BCUT2D eigenvalue weighted by Crippen LogP contribution is 2.08. The highest BCUT2D eigenvalue weighted by molar-refractivity contribution is 5.95. The molecule has 6 heteroatoms. The second-order valence-corrected chi connectivity index (χ2v) is 7.48. The van der Waals surface area contributed by atoms with Gasteiger partial charge in [0.15, 0.2) is 0 Å². The molecule has 0 atom stereocenters. The summed E-state index contributed by atoms with van der Waals surface area (Å²) in [5, 5.41) is 0. The largest absolute Gasteiger partial charge is 0.379 e. The van der Waals surface area contributed by atoms with E-state index in [1.807, 2.05) is 62.4 Å². The van der Waals surface area contributed by atoms with Crippen LogP contribution in [0.15, 0.2) is 53.5 Å². The summed E-state index contributed by atoms with van der Waals surface area (Å²) in [5.74, 6) is -0.210. The van der Waals surface area contributed by atoms with Gasteiger partial charge in [-0.05, 0) is 31.0 Å². The summed E-state index contributed by atoms with van der Waals surface area (Å²) in [5.41, 5.74) is 1.87. The number of morpholine rings is 1. The standard InChI is InChI=1S/C24H31N3O3/c1-3-26(12-7-10-21-8-5-4-6-9-21)23(28)22-20(2)11-13-27(24(22)29)15-14-25-16-18-30-19-17-25/h4-11,13H,3,12,14-19H2,1-2H3/b10-7+. The van der Waals surface area contributed by atoms with E-state index in [-0.39, 0.29) is 17.0 Å². The van der Waals surface area contributed by atoms with Crippen molar-refractivity contribution >= 4 is 12.0 Å². The smallest absolute Gasteiger partial charge is 0.263 e. The maximum Gasteiger partial charge on any atom is 0.263 e. The molecule has 1 aliphatic rings. The number of aromatic nitrogens is 1. The molecule has 6 nitrogen and oxygen atoms in total. The third-order valence-electron chi connectivity index (χ3n) is 5.45. The Kier molecular flexibility index (Phi) is 7.99. The third-order valence-corrected chi connectivity index (χ3v) is 5.45. The van der Waals surface area contributed by atoms with Crippen LogP contribution in [0.25, 0.3) is 6.08 Å². The number of benzene rings is 1. The summed E-state index contributed by atoms with van der Waals surface area (Å²) < 4.78 is 7.03. The van der Waals surface area contributed by atoms with E-state index in [9.17, 15) is 9.59 Å². The number of rotatable bonds is 8. The number of amides is 1. The van der Waals surface area contributed by atoms with Gasteiger partial charge in [0, 0.05) is 45.5 Å². The van der Waals surface area contributed by atoms with Crippen LogP contribution in [-0.4, -0.2) is 66.2 Å². The molecule has 1 saturated heterocycles. The van der Waals surface area contributed by atoms with Crippen molar-refractivity contribution in [1.82, 2.24) is 14.4 Å². The Morgan fingerprint density at radius 3 is 2.57 bits per heavy atom. The van der Waals surface area contributed by atoms with Gasteiger partial charge < -0.3 is 14.2 Å². The monoisotopic (exact) mass is 409 g/mol. The highest BCUT2D eigenvalue weighted by Gasteiger charge is 2.21. The fourth-order valence-corrected chi connectivity index (χ4v) is 3.57. The molecule has 30 heavy (non-hydrogen) atoms. The molecule has 0 unspecified atom stereocenters. The summed E-state index contributed by atoms with van der Waals surface area (Å²) in [6.07, 6.45) is 5.75. The molecule has 3 rings (SSSR count). The predicted octanol–water partition coefficient (Wildman–Crippen LogP) is 2.66. The van der Waals surface area contributed by atoms with Crippen LogP contribution in [0.2, 0.25) is 0 Å². The molecule has 0 N–H and O–H groups in total. The average molecular weight is 410 g/mol. The molecule has 160 valence electrons. The lowest BCUT2D eigenvalue weighted by Crippen LogP contribution is -2.41. The summed E-state index contributed by atoms with van der Waals surface area (Å²) in [6.45, 7) is 9.33. The molecule has 0 saturated carbocycles. The summed E-state index contributed by atoms with van der Waals surface area (Å²) in [4.78, 5) is 30.2. The Hall–Kier alpha value is -2.70. The van der Waals surface area contributed by atoms with Crippen molar-refractivity contribution in [2.24, 2.45) is 0 Å². The predicted molar refractivity (Wildman–Crippen MR) is 120 cm³/mol. The fraction of sp³-hybridized carbons (Fsp3) is 0.417. The van der Waals surface area contributed by atoms with Crippen molar-refractivity contribution in [3.05, 3.63) is 75.7 Å². The average Bonchev–Trinajstić information content (AvgIpc) is 2.77. The maximum atomic E-state index is 13.2. The van der Waals surface area contributed by atoms with Crippen LogP contribution in [0.4, 0.5) is 0 Å². The van der Waals surface area contributed by atoms with Gasteiger partial charge in [-0.3, -0.25) is 14.5 Å². The van der Waals surface area contributed by atoms with Crippen molar-refractivity contribution in [1.29, 1.82) is 0 Å². The molecule has 1 amide bonds. The molecule has 1 aromatic heterocycles. The van der Waals surface area contributed by atoms with Gasteiger partial charge in [-0.2, -0.15) is 0 Å². The summed E-state index contributed by atoms with van der Waals surface area (Å²) in [6, 6.07) is 11.8. The fourth-order valence-electron chi connectivity index (χ4n) is 3.57. The molecular weight excluding hydrogens is 378 g/mol. The van der Waals surface area contributed by atoms with Gasteiger partial charge in [-0.15, -0.1) is 0 Å². The summed E-state index contributed by atoms with van der Waals surface area (Å²) in [7, 11) is 0. The van der Waals surface area contributed by atoms with E-state index < -0.39 is 0 Å².